The van der Waals surface area contributed by atoms with Crippen LogP contribution in [0.5, 0.6) is 0 Å². The quantitative estimate of drug-likeness (QED) is 0.454. The van der Waals surface area contributed by atoms with E-state index in [0.29, 0.717) is 23.2 Å². The number of amidine groups is 2. The average molecular weight is 526 g/mol. The molecule has 8 nitrogen and oxygen atoms in total. The van der Waals surface area contributed by atoms with Gasteiger partial charge in [-0.3, -0.25) is 19.4 Å². The largest absolute Gasteiger partial charge is 0.352 e. The van der Waals surface area contributed by atoms with E-state index >= 15 is 0 Å². The lowest BCUT2D eigenvalue weighted by Crippen LogP contribution is -2.41. The number of nitrogens with one attached hydrogen (secondary N) is 2. The van der Waals surface area contributed by atoms with Crippen molar-refractivity contribution in [3.05, 3.63) is 95.6 Å². The molecule has 2 aliphatic rings. The SMILES string of the molecule is Cc1ccccc1NC(=O)CSC1=Nc2ccccc2C2=N[C@H](CCC(=O)NCc3ccccc3)C(=O)N12. The van der Waals surface area contributed by atoms with Crippen molar-refractivity contribution < 1.29 is 14.4 Å². The van der Waals surface area contributed by atoms with Crippen LogP contribution in [0.15, 0.2) is 88.8 Å². The maximum absolute atomic E-state index is 13.4. The highest BCUT2D eigenvalue weighted by molar-refractivity contribution is 8.14. The lowest BCUT2D eigenvalue weighted by molar-refractivity contribution is -0.125. The molecule has 3 aromatic rings. The number of hydrogen-bond donors (Lipinski definition) is 2. The smallest absolute Gasteiger partial charge is 0.259 e. The number of carbonyl (C=O) groups excluding carboxylic acids is 3. The number of para-hydroxylation sites is 2. The van der Waals surface area contributed by atoms with Crippen LogP contribution in [-0.4, -0.2) is 45.4 Å². The third kappa shape index (κ3) is 5.68. The van der Waals surface area contributed by atoms with Crippen LogP contribution in [-0.2, 0) is 20.9 Å². The molecule has 3 amide bonds. The molecular weight excluding hydrogens is 498 g/mol. The minimum atomic E-state index is -0.690. The van der Waals surface area contributed by atoms with Gasteiger partial charge in [0.2, 0.25) is 11.8 Å². The molecule has 0 aliphatic carbocycles. The number of aryl methyl sites for hydroxylation is 1. The Kier molecular flexibility index (Phi) is 7.65. The zero-order valence-corrected chi connectivity index (χ0v) is 21.7. The maximum Gasteiger partial charge on any atom is 0.259 e. The lowest BCUT2D eigenvalue weighted by Gasteiger charge is -2.25. The Bertz CT molecular complexity index is 1440. The summed E-state index contributed by atoms with van der Waals surface area (Å²) in [6, 6.07) is 24.0. The van der Waals surface area contributed by atoms with Crippen molar-refractivity contribution in [1.82, 2.24) is 10.2 Å². The number of carbonyl (C=O) groups is 3. The summed E-state index contributed by atoms with van der Waals surface area (Å²) < 4.78 is 0. The van der Waals surface area contributed by atoms with Crippen LogP contribution in [0.2, 0.25) is 0 Å². The van der Waals surface area contributed by atoms with Gasteiger partial charge in [-0.15, -0.1) is 0 Å². The highest BCUT2D eigenvalue weighted by Gasteiger charge is 2.41. The highest BCUT2D eigenvalue weighted by Crippen LogP contribution is 2.34. The number of nitrogens with zero attached hydrogens (tertiary/aromatic N) is 3. The fourth-order valence-corrected chi connectivity index (χ4v) is 5.07. The Morgan fingerprint density at radius 3 is 2.50 bits per heavy atom. The molecule has 1 atom stereocenters. The first kappa shape index (κ1) is 25.4. The molecule has 0 unspecified atom stereocenters. The van der Waals surface area contributed by atoms with E-state index in [1.807, 2.05) is 85.8 Å². The standard InChI is InChI=1S/C29H27N5O3S/c1-19-9-5-7-13-22(19)31-26(36)18-38-29-33-23-14-8-6-12-21(23)27-32-24(28(37)34(27)29)15-16-25(35)30-17-20-10-3-2-4-11-20/h2-14,24H,15-18H2,1H3,(H,30,35)(H,31,36)/t24-/m1/s1. The van der Waals surface area contributed by atoms with Crippen molar-refractivity contribution >= 4 is 51.9 Å². The van der Waals surface area contributed by atoms with E-state index in [1.165, 1.54) is 16.7 Å². The normalized spacial score (nSPS) is 15.8. The summed E-state index contributed by atoms with van der Waals surface area (Å²) >= 11 is 1.19. The van der Waals surface area contributed by atoms with E-state index in [4.69, 9.17) is 4.99 Å². The van der Waals surface area contributed by atoms with Crippen molar-refractivity contribution in [3.63, 3.8) is 0 Å². The van der Waals surface area contributed by atoms with Crippen LogP contribution in [0.4, 0.5) is 11.4 Å². The molecule has 0 fully saturated rings. The second kappa shape index (κ2) is 11.4. The van der Waals surface area contributed by atoms with Crippen molar-refractivity contribution in [3.8, 4) is 0 Å². The Morgan fingerprint density at radius 1 is 0.947 bits per heavy atom. The first-order valence-corrected chi connectivity index (χ1v) is 13.4. The molecule has 2 heterocycles. The summed E-state index contributed by atoms with van der Waals surface area (Å²) in [7, 11) is 0. The van der Waals surface area contributed by atoms with Crippen LogP contribution >= 0.6 is 11.8 Å². The predicted octanol–water partition coefficient (Wildman–Crippen LogP) is 4.42. The van der Waals surface area contributed by atoms with Crippen LogP contribution in [0.1, 0.15) is 29.5 Å². The monoisotopic (exact) mass is 525 g/mol. The van der Waals surface area contributed by atoms with E-state index in [9.17, 15) is 14.4 Å². The number of anilines is 1. The summed E-state index contributed by atoms with van der Waals surface area (Å²) in [5.74, 6) is 0.0257. The van der Waals surface area contributed by atoms with Crippen LogP contribution in [0, 0.1) is 6.92 Å². The summed E-state index contributed by atoms with van der Waals surface area (Å²) in [6.07, 6.45) is 0.460. The molecular formula is C29H27N5O3S. The van der Waals surface area contributed by atoms with Crippen molar-refractivity contribution in [1.29, 1.82) is 0 Å². The average Bonchev–Trinajstić information content (AvgIpc) is 3.27. The van der Waals surface area contributed by atoms with Crippen LogP contribution in [0.3, 0.4) is 0 Å². The molecule has 2 N–H and O–H groups in total. The van der Waals surface area contributed by atoms with Crippen molar-refractivity contribution in [2.45, 2.75) is 32.4 Å². The Balaban J connectivity index is 1.25. The summed E-state index contributed by atoms with van der Waals surface area (Å²) in [5.41, 5.74) is 4.17. The minimum Gasteiger partial charge on any atom is -0.352 e. The summed E-state index contributed by atoms with van der Waals surface area (Å²) in [5, 5.41) is 6.22. The topological polar surface area (TPSA) is 103 Å². The van der Waals surface area contributed by atoms with E-state index in [-0.39, 0.29) is 36.3 Å². The van der Waals surface area contributed by atoms with Crippen LogP contribution in [0.25, 0.3) is 0 Å². The molecule has 0 radical (unpaired) electrons. The number of aliphatic imine (C=N–C) groups is 2. The summed E-state index contributed by atoms with van der Waals surface area (Å²) in [6.45, 7) is 2.36. The zero-order chi connectivity index (χ0) is 26.5. The van der Waals surface area contributed by atoms with Gasteiger partial charge in [0.15, 0.2) is 5.17 Å². The van der Waals surface area contributed by atoms with E-state index < -0.39 is 6.04 Å². The molecule has 38 heavy (non-hydrogen) atoms. The molecule has 0 saturated carbocycles. The lowest BCUT2D eigenvalue weighted by atomic mass is 10.1. The fourth-order valence-electron chi connectivity index (χ4n) is 4.27. The van der Waals surface area contributed by atoms with Crippen molar-refractivity contribution in [2.75, 3.05) is 11.1 Å². The number of hydrogen-bond acceptors (Lipinski definition) is 6. The molecule has 192 valence electrons. The van der Waals surface area contributed by atoms with Gasteiger partial charge in [0.05, 0.1) is 11.4 Å². The van der Waals surface area contributed by atoms with Gasteiger partial charge in [0.1, 0.15) is 11.9 Å². The Hall–Kier alpha value is -4.24. The number of benzene rings is 3. The second-order valence-corrected chi connectivity index (χ2v) is 9.95. The van der Waals surface area contributed by atoms with E-state index in [2.05, 4.69) is 15.6 Å². The molecule has 0 aromatic heterocycles. The third-order valence-corrected chi connectivity index (χ3v) is 7.22. The molecule has 0 spiro atoms. The van der Waals surface area contributed by atoms with Gasteiger partial charge in [-0.1, -0.05) is 72.4 Å². The van der Waals surface area contributed by atoms with Gasteiger partial charge >= 0.3 is 0 Å². The maximum atomic E-state index is 13.4. The molecule has 0 saturated heterocycles. The number of rotatable bonds is 8. The molecule has 2 aliphatic heterocycles. The Morgan fingerprint density at radius 2 is 1.68 bits per heavy atom. The first-order chi connectivity index (χ1) is 18.5. The molecule has 0 bridgehead atoms. The van der Waals surface area contributed by atoms with Gasteiger partial charge in [-0.05, 0) is 42.7 Å². The van der Waals surface area contributed by atoms with Gasteiger partial charge in [-0.2, -0.15) is 0 Å². The third-order valence-electron chi connectivity index (χ3n) is 6.28. The first-order valence-electron chi connectivity index (χ1n) is 12.4. The molecule has 9 heteroatoms. The summed E-state index contributed by atoms with van der Waals surface area (Å²) in [4.78, 5) is 49.4. The van der Waals surface area contributed by atoms with E-state index in [1.54, 1.807) is 0 Å². The zero-order valence-electron chi connectivity index (χ0n) is 20.9. The van der Waals surface area contributed by atoms with E-state index in [0.717, 1.165) is 22.4 Å². The van der Waals surface area contributed by atoms with Gasteiger partial charge in [0.25, 0.3) is 5.91 Å². The van der Waals surface area contributed by atoms with Gasteiger partial charge in [0, 0.05) is 24.2 Å². The van der Waals surface area contributed by atoms with Crippen molar-refractivity contribution in [2.24, 2.45) is 9.98 Å². The number of fused-ring (bicyclic) bond motifs is 3. The van der Waals surface area contributed by atoms with Gasteiger partial charge in [-0.25, -0.2) is 9.89 Å². The minimum absolute atomic E-state index is 0.0823. The second-order valence-electron chi connectivity index (χ2n) is 9.01. The molecule has 3 aromatic carbocycles. The predicted molar refractivity (Wildman–Crippen MR) is 150 cm³/mol. The van der Waals surface area contributed by atoms with Crippen LogP contribution < -0.4 is 10.6 Å². The Labute approximate surface area is 225 Å². The van der Waals surface area contributed by atoms with Gasteiger partial charge < -0.3 is 10.6 Å². The molecule has 5 rings (SSSR count). The number of thioether (sulfide) groups is 1. The highest BCUT2D eigenvalue weighted by atomic mass is 32.2. The number of amides is 3. The fraction of sp³-hybridized carbons (Fsp3) is 0.207.